The molecule has 0 saturated carbocycles. The molecule has 2 fully saturated rings. The maximum atomic E-state index is 14.9. The van der Waals surface area contributed by atoms with Gasteiger partial charge < -0.3 is 15.8 Å². The van der Waals surface area contributed by atoms with Crippen molar-refractivity contribution >= 4 is 44.7 Å². The number of hydrogen-bond donors (Lipinski definition) is 2. The first-order chi connectivity index (χ1) is 14.7. The normalized spacial score (nSPS) is 25.7. The summed E-state index contributed by atoms with van der Waals surface area (Å²) in [4.78, 5) is 25.3. The lowest BCUT2D eigenvalue weighted by molar-refractivity contribution is 0.143. The zero-order valence-electron chi connectivity index (χ0n) is 17.3. The summed E-state index contributed by atoms with van der Waals surface area (Å²) in [5, 5.41) is 3.09. The summed E-state index contributed by atoms with van der Waals surface area (Å²) in [7, 11) is -2.65. The van der Waals surface area contributed by atoms with E-state index < -0.39 is 27.7 Å². The van der Waals surface area contributed by atoms with Crippen molar-refractivity contribution in [2.75, 3.05) is 29.5 Å². The third kappa shape index (κ3) is 5.91. The number of cyclic esters (lactones) is 1. The maximum Gasteiger partial charge on any atom is 0.414 e. The van der Waals surface area contributed by atoms with Gasteiger partial charge in [-0.15, -0.1) is 4.36 Å². The Hall–Kier alpha value is -2.27. The number of amides is 3. The first-order valence-corrected chi connectivity index (χ1v) is 12.5. The van der Waals surface area contributed by atoms with Gasteiger partial charge in [-0.3, -0.25) is 4.90 Å². The lowest BCUT2D eigenvalue weighted by Gasteiger charge is -2.25. The minimum absolute atomic E-state index is 0.131. The fourth-order valence-corrected chi connectivity index (χ4v) is 6.17. The van der Waals surface area contributed by atoms with Crippen molar-refractivity contribution in [3.8, 4) is 0 Å². The first kappa shape index (κ1) is 23.4. The van der Waals surface area contributed by atoms with Gasteiger partial charge in [0, 0.05) is 11.5 Å². The number of urea groups is 1. The van der Waals surface area contributed by atoms with Crippen LogP contribution in [-0.4, -0.2) is 52.0 Å². The Bertz CT molecular complexity index is 979. The average Bonchev–Trinajstić information content (AvgIpc) is 3.07. The molecule has 170 valence electrons. The predicted octanol–water partition coefficient (Wildman–Crippen LogP) is 3.29. The predicted molar refractivity (Wildman–Crippen MR) is 121 cm³/mol. The summed E-state index contributed by atoms with van der Waals surface area (Å²) < 4.78 is 36.2. The molecule has 3 rings (SSSR count). The SMILES string of the molecule is CCCC(=S)NC[C@H]1CN(c2ccc(C3CCS(=O)(=NC(N)=O)CC3)c(F)c2)C(=O)O1. The van der Waals surface area contributed by atoms with Gasteiger partial charge in [-0.05, 0) is 49.3 Å². The molecular weight excluding hydrogens is 443 g/mol. The van der Waals surface area contributed by atoms with Gasteiger partial charge in [0.15, 0.2) is 0 Å². The molecule has 2 saturated heterocycles. The third-order valence-corrected chi connectivity index (χ3v) is 8.05. The number of ether oxygens (including phenoxy) is 1. The van der Waals surface area contributed by atoms with Gasteiger partial charge in [-0.25, -0.2) is 18.2 Å². The zero-order valence-corrected chi connectivity index (χ0v) is 19.0. The van der Waals surface area contributed by atoms with Crippen LogP contribution in [0.25, 0.3) is 0 Å². The van der Waals surface area contributed by atoms with E-state index in [1.165, 1.54) is 11.0 Å². The molecule has 1 atom stereocenters. The van der Waals surface area contributed by atoms with Crippen molar-refractivity contribution in [2.45, 2.75) is 44.6 Å². The molecule has 0 bridgehead atoms. The van der Waals surface area contributed by atoms with E-state index in [1.54, 1.807) is 12.1 Å². The molecule has 3 N–H and O–H groups in total. The average molecular weight is 471 g/mol. The molecule has 2 heterocycles. The number of rotatable bonds is 6. The second-order valence-corrected chi connectivity index (χ2v) is 10.8. The number of benzene rings is 1. The van der Waals surface area contributed by atoms with Crippen molar-refractivity contribution in [3.05, 3.63) is 29.6 Å². The highest BCUT2D eigenvalue weighted by atomic mass is 32.2. The highest BCUT2D eigenvalue weighted by Crippen LogP contribution is 2.34. The minimum atomic E-state index is -2.65. The van der Waals surface area contributed by atoms with E-state index in [2.05, 4.69) is 9.68 Å². The van der Waals surface area contributed by atoms with Crippen molar-refractivity contribution in [1.29, 1.82) is 0 Å². The Labute approximate surface area is 186 Å². The molecule has 3 amide bonds. The number of thiocarbonyl (C=S) groups is 1. The van der Waals surface area contributed by atoms with Crippen LogP contribution in [0.1, 0.15) is 44.1 Å². The molecule has 11 heteroatoms. The van der Waals surface area contributed by atoms with Gasteiger partial charge in [-0.2, -0.15) is 0 Å². The summed E-state index contributed by atoms with van der Waals surface area (Å²) in [6.45, 7) is 2.75. The molecule has 2 aliphatic heterocycles. The van der Waals surface area contributed by atoms with Gasteiger partial charge in [0.1, 0.15) is 11.9 Å². The molecule has 1 aromatic carbocycles. The van der Waals surface area contributed by atoms with E-state index in [9.17, 15) is 18.2 Å². The monoisotopic (exact) mass is 470 g/mol. The molecule has 0 radical (unpaired) electrons. The topological polar surface area (TPSA) is 114 Å². The Morgan fingerprint density at radius 2 is 2.13 bits per heavy atom. The van der Waals surface area contributed by atoms with Crippen LogP contribution < -0.4 is 16.0 Å². The highest BCUT2D eigenvalue weighted by Gasteiger charge is 2.33. The maximum absolute atomic E-state index is 14.9. The molecular formula is C20H27FN4O4S2. The van der Waals surface area contributed by atoms with Gasteiger partial charge in [-0.1, -0.05) is 25.2 Å². The lowest BCUT2D eigenvalue weighted by Crippen LogP contribution is -2.33. The van der Waals surface area contributed by atoms with E-state index >= 15 is 0 Å². The molecule has 1 aromatic rings. The van der Waals surface area contributed by atoms with E-state index in [0.29, 0.717) is 37.2 Å². The van der Waals surface area contributed by atoms with Crippen LogP contribution in [0, 0.1) is 5.82 Å². The fourth-order valence-electron chi connectivity index (χ4n) is 3.86. The van der Waals surface area contributed by atoms with E-state index in [0.717, 1.165) is 17.8 Å². The Balaban J connectivity index is 1.63. The smallest absolute Gasteiger partial charge is 0.414 e. The Kier molecular flexibility index (Phi) is 7.47. The van der Waals surface area contributed by atoms with Crippen LogP contribution >= 0.6 is 12.2 Å². The molecule has 0 aliphatic carbocycles. The van der Waals surface area contributed by atoms with Crippen LogP contribution in [0.5, 0.6) is 0 Å². The summed E-state index contributed by atoms with van der Waals surface area (Å²) in [5.74, 6) is -0.154. The quantitative estimate of drug-likeness (QED) is 0.617. The number of nitrogens with one attached hydrogen (secondary N) is 1. The summed E-state index contributed by atoms with van der Waals surface area (Å²) in [5.41, 5.74) is 5.95. The number of nitrogens with two attached hydrogens (primary N) is 1. The standard InChI is InChI=1S/C20H27FN4O4S2/c1-2-3-18(30)23-11-15-12-25(20(27)29-15)14-4-5-16(17(21)10-14)13-6-8-31(28,9-7-13)24-19(22)26/h4-5,10,13,15H,2-3,6-9,11-12H2,1H3,(H2,22,26)(H,23,30)/t13?,15-,31?/m0/s1. The van der Waals surface area contributed by atoms with Gasteiger partial charge >= 0.3 is 12.1 Å². The minimum Gasteiger partial charge on any atom is -0.442 e. The molecule has 0 spiro atoms. The zero-order chi connectivity index (χ0) is 22.6. The van der Waals surface area contributed by atoms with E-state index in [-0.39, 0.29) is 23.5 Å². The number of anilines is 1. The Morgan fingerprint density at radius 3 is 2.74 bits per heavy atom. The summed E-state index contributed by atoms with van der Waals surface area (Å²) in [6.07, 6.45) is 1.72. The lowest BCUT2D eigenvalue weighted by atomic mass is 9.93. The summed E-state index contributed by atoms with van der Waals surface area (Å²) in [6, 6.07) is 3.74. The number of halogens is 1. The second-order valence-electron chi connectivity index (χ2n) is 7.76. The fraction of sp³-hybridized carbons (Fsp3) is 0.550. The molecule has 8 nitrogen and oxygen atoms in total. The molecule has 0 aromatic heterocycles. The van der Waals surface area contributed by atoms with Crippen molar-refractivity contribution in [2.24, 2.45) is 10.1 Å². The Morgan fingerprint density at radius 1 is 1.42 bits per heavy atom. The van der Waals surface area contributed by atoms with Crippen LogP contribution in [0.15, 0.2) is 22.6 Å². The molecule has 2 aliphatic rings. The molecule has 0 unspecified atom stereocenters. The third-order valence-electron chi connectivity index (χ3n) is 5.44. The van der Waals surface area contributed by atoms with Crippen LogP contribution in [-0.2, 0) is 14.5 Å². The molecule has 31 heavy (non-hydrogen) atoms. The number of carbonyl (C=O) groups is 2. The largest absolute Gasteiger partial charge is 0.442 e. The number of carbonyl (C=O) groups excluding carboxylic acids is 2. The second kappa shape index (κ2) is 9.90. The number of nitrogens with zero attached hydrogens (tertiary/aromatic N) is 2. The van der Waals surface area contributed by atoms with Gasteiger partial charge in [0.25, 0.3) is 0 Å². The van der Waals surface area contributed by atoms with E-state index in [1.807, 2.05) is 6.92 Å². The number of hydrogen-bond acceptors (Lipinski definition) is 5. The van der Waals surface area contributed by atoms with Crippen molar-refractivity contribution in [3.63, 3.8) is 0 Å². The van der Waals surface area contributed by atoms with Crippen LogP contribution in [0.4, 0.5) is 19.7 Å². The van der Waals surface area contributed by atoms with Gasteiger partial charge in [0.05, 0.1) is 33.5 Å². The van der Waals surface area contributed by atoms with E-state index in [4.69, 9.17) is 22.7 Å². The highest BCUT2D eigenvalue weighted by molar-refractivity contribution is 7.93. The van der Waals surface area contributed by atoms with Crippen molar-refractivity contribution in [1.82, 2.24) is 5.32 Å². The first-order valence-electron chi connectivity index (χ1n) is 10.3. The van der Waals surface area contributed by atoms with Gasteiger partial charge in [0.2, 0.25) is 0 Å². The van der Waals surface area contributed by atoms with Crippen LogP contribution in [0.2, 0.25) is 0 Å². The number of primary amides is 1. The van der Waals surface area contributed by atoms with Crippen molar-refractivity contribution < 1.29 is 22.9 Å². The summed E-state index contributed by atoms with van der Waals surface area (Å²) >= 11 is 5.21. The van der Waals surface area contributed by atoms with Crippen LogP contribution in [0.3, 0.4) is 0 Å².